The van der Waals surface area contributed by atoms with E-state index in [0.717, 1.165) is 37.6 Å². The summed E-state index contributed by atoms with van der Waals surface area (Å²) in [5.74, 6) is 1.50. The van der Waals surface area contributed by atoms with Crippen molar-refractivity contribution < 1.29 is 0 Å². The highest BCUT2D eigenvalue weighted by Gasteiger charge is 2.22. The van der Waals surface area contributed by atoms with Gasteiger partial charge in [0.1, 0.15) is 0 Å². The summed E-state index contributed by atoms with van der Waals surface area (Å²) in [6, 6.07) is 9.14. The van der Waals surface area contributed by atoms with E-state index in [2.05, 4.69) is 56.5 Å². The number of nitrogens with zero attached hydrogens (tertiary/aromatic N) is 5. The topological polar surface area (TPSA) is 57.2 Å². The lowest BCUT2D eigenvalue weighted by Gasteiger charge is -2.35. The molecule has 0 saturated carbocycles. The molecule has 27 heavy (non-hydrogen) atoms. The molecule has 0 amide bonds. The Morgan fingerprint density at radius 2 is 1.78 bits per heavy atom. The summed E-state index contributed by atoms with van der Waals surface area (Å²) < 4.78 is 0. The van der Waals surface area contributed by atoms with E-state index in [9.17, 15) is 0 Å². The molecule has 0 spiro atoms. The lowest BCUT2D eigenvalue weighted by atomic mass is 10.0. The van der Waals surface area contributed by atoms with Crippen LogP contribution in [0, 0.1) is 0 Å². The maximum absolute atomic E-state index is 4.73. The van der Waals surface area contributed by atoms with Crippen molar-refractivity contribution >= 4 is 23.1 Å². The van der Waals surface area contributed by atoms with E-state index < -0.39 is 0 Å². The fraction of sp³-hybridized carbons (Fsp3) is 0.571. The number of nitrogens with one attached hydrogen (secondary N) is 1. The molecule has 1 unspecified atom stereocenters. The van der Waals surface area contributed by atoms with Crippen molar-refractivity contribution in [3.05, 3.63) is 30.5 Å². The third-order valence-corrected chi connectivity index (χ3v) is 5.78. The maximum Gasteiger partial charge on any atom is 0.249 e. The van der Waals surface area contributed by atoms with Crippen LogP contribution in [0.25, 0.3) is 0 Å². The van der Waals surface area contributed by atoms with Crippen LogP contribution in [-0.4, -0.2) is 40.9 Å². The number of piperidine rings is 2. The van der Waals surface area contributed by atoms with E-state index in [1.165, 1.54) is 44.2 Å². The first kappa shape index (κ1) is 18.0. The van der Waals surface area contributed by atoms with Crippen LogP contribution in [0.1, 0.15) is 51.9 Å². The molecule has 0 bridgehead atoms. The van der Waals surface area contributed by atoms with E-state index in [1.807, 2.05) is 0 Å². The quantitative estimate of drug-likeness (QED) is 0.848. The summed E-state index contributed by atoms with van der Waals surface area (Å²) in [7, 11) is 0. The molecule has 2 saturated heterocycles. The van der Waals surface area contributed by atoms with Gasteiger partial charge >= 0.3 is 0 Å². The summed E-state index contributed by atoms with van der Waals surface area (Å²) >= 11 is 0. The molecule has 4 rings (SSSR count). The van der Waals surface area contributed by atoms with E-state index >= 15 is 0 Å². The minimum absolute atomic E-state index is 0.562. The van der Waals surface area contributed by atoms with Crippen LogP contribution in [0.3, 0.4) is 0 Å². The normalized spacial score (nSPS) is 20.6. The zero-order valence-electron chi connectivity index (χ0n) is 16.3. The Balaban J connectivity index is 1.45. The molecule has 3 heterocycles. The summed E-state index contributed by atoms with van der Waals surface area (Å²) in [6.45, 7) is 5.63. The smallest absolute Gasteiger partial charge is 0.249 e. The Morgan fingerprint density at radius 3 is 2.56 bits per heavy atom. The lowest BCUT2D eigenvalue weighted by Crippen LogP contribution is -2.39. The van der Waals surface area contributed by atoms with Gasteiger partial charge in [0.2, 0.25) is 5.95 Å². The Labute approximate surface area is 162 Å². The van der Waals surface area contributed by atoms with Crippen LogP contribution < -0.4 is 15.1 Å². The number of hydrogen-bond donors (Lipinski definition) is 1. The van der Waals surface area contributed by atoms with Crippen LogP contribution in [0.2, 0.25) is 0 Å². The van der Waals surface area contributed by atoms with Crippen molar-refractivity contribution in [2.24, 2.45) is 0 Å². The van der Waals surface area contributed by atoms with Gasteiger partial charge in [-0.15, -0.1) is 5.10 Å². The minimum Gasteiger partial charge on any atom is -0.372 e. The fourth-order valence-corrected chi connectivity index (χ4v) is 4.25. The van der Waals surface area contributed by atoms with E-state index in [0.29, 0.717) is 12.0 Å². The average molecular weight is 367 g/mol. The SMILES string of the molecule is CCC1CCCCN1c1cnnc(Nc2ccc(N3CCCCC3)cc2)n1. The van der Waals surface area contributed by atoms with E-state index in [1.54, 1.807) is 6.20 Å². The molecule has 2 fully saturated rings. The highest BCUT2D eigenvalue weighted by Crippen LogP contribution is 2.26. The number of benzene rings is 1. The number of rotatable bonds is 5. The number of anilines is 4. The fourth-order valence-electron chi connectivity index (χ4n) is 4.25. The van der Waals surface area contributed by atoms with Crippen molar-refractivity contribution in [2.75, 3.05) is 34.8 Å². The third kappa shape index (κ3) is 4.31. The minimum atomic E-state index is 0.562. The van der Waals surface area contributed by atoms with Gasteiger partial charge in [-0.2, -0.15) is 10.1 Å². The molecule has 0 aliphatic carbocycles. The second kappa shape index (κ2) is 8.55. The number of aromatic nitrogens is 3. The second-order valence-corrected chi connectivity index (χ2v) is 7.61. The summed E-state index contributed by atoms with van der Waals surface area (Å²) in [5.41, 5.74) is 2.30. The molecule has 6 nitrogen and oxygen atoms in total. The van der Waals surface area contributed by atoms with Crippen LogP contribution in [-0.2, 0) is 0 Å². The molecule has 1 aromatic heterocycles. The predicted octanol–water partition coefficient (Wildman–Crippen LogP) is 4.37. The second-order valence-electron chi connectivity index (χ2n) is 7.61. The van der Waals surface area contributed by atoms with Gasteiger partial charge in [0, 0.05) is 37.1 Å². The molecule has 0 radical (unpaired) electrons. The highest BCUT2D eigenvalue weighted by atomic mass is 15.3. The molecule has 1 atom stereocenters. The predicted molar refractivity (Wildman–Crippen MR) is 111 cm³/mol. The van der Waals surface area contributed by atoms with Crippen molar-refractivity contribution in [3.8, 4) is 0 Å². The monoisotopic (exact) mass is 366 g/mol. The van der Waals surface area contributed by atoms with Crippen LogP contribution in [0.5, 0.6) is 0 Å². The van der Waals surface area contributed by atoms with Gasteiger partial charge in [-0.1, -0.05) is 6.92 Å². The van der Waals surface area contributed by atoms with E-state index in [-0.39, 0.29) is 0 Å². The molecular weight excluding hydrogens is 336 g/mol. The molecule has 2 aliphatic rings. The van der Waals surface area contributed by atoms with Crippen molar-refractivity contribution in [2.45, 2.75) is 57.9 Å². The van der Waals surface area contributed by atoms with Crippen LogP contribution in [0.4, 0.5) is 23.1 Å². The number of hydrogen-bond acceptors (Lipinski definition) is 6. The third-order valence-electron chi connectivity index (χ3n) is 5.78. The molecule has 1 N–H and O–H groups in total. The van der Waals surface area contributed by atoms with Crippen LogP contribution in [0.15, 0.2) is 30.5 Å². The molecule has 2 aliphatic heterocycles. The summed E-state index contributed by atoms with van der Waals surface area (Å²) in [6.07, 6.45) is 10.6. The van der Waals surface area contributed by atoms with Crippen molar-refractivity contribution in [1.29, 1.82) is 0 Å². The first-order valence-electron chi connectivity index (χ1n) is 10.4. The molecule has 2 aromatic rings. The first-order chi connectivity index (χ1) is 13.3. The molecule has 6 heteroatoms. The van der Waals surface area contributed by atoms with E-state index in [4.69, 9.17) is 4.98 Å². The maximum atomic E-state index is 4.73. The Morgan fingerprint density at radius 1 is 1.00 bits per heavy atom. The zero-order valence-corrected chi connectivity index (χ0v) is 16.3. The van der Waals surface area contributed by atoms with Gasteiger partial charge in [-0.05, 0) is 69.2 Å². The largest absolute Gasteiger partial charge is 0.372 e. The highest BCUT2D eigenvalue weighted by molar-refractivity contribution is 5.60. The average Bonchev–Trinajstić information content (AvgIpc) is 2.75. The standard InChI is InChI=1S/C21H30N6/c1-2-18-8-4-7-15-27(18)20-16-22-25-21(24-20)23-17-9-11-19(12-10-17)26-13-5-3-6-14-26/h9-12,16,18H,2-8,13-15H2,1H3,(H,23,24,25). The Kier molecular flexibility index (Phi) is 5.70. The van der Waals surface area contributed by atoms with Crippen molar-refractivity contribution in [1.82, 2.24) is 15.2 Å². The molecule has 1 aromatic carbocycles. The molecular formula is C21H30N6. The van der Waals surface area contributed by atoms with Gasteiger partial charge in [-0.3, -0.25) is 0 Å². The molecule has 144 valence electrons. The zero-order chi connectivity index (χ0) is 18.5. The van der Waals surface area contributed by atoms with Gasteiger partial charge in [0.05, 0.1) is 6.20 Å². The van der Waals surface area contributed by atoms with Crippen molar-refractivity contribution in [3.63, 3.8) is 0 Å². The Bertz CT molecular complexity index is 726. The Hall–Kier alpha value is -2.37. The van der Waals surface area contributed by atoms with Gasteiger partial charge in [-0.25, -0.2) is 0 Å². The first-order valence-corrected chi connectivity index (χ1v) is 10.4. The van der Waals surface area contributed by atoms with Gasteiger partial charge in [0.25, 0.3) is 0 Å². The lowest BCUT2D eigenvalue weighted by molar-refractivity contribution is 0.446. The van der Waals surface area contributed by atoms with Gasteiger partial charge in [0.15, 0.2) is 5.82 Å². The summed E-state index contributed by atoms with van der Waals surface area (Å²) in [4.78, 5) is 9.59. The van der Waals surface area contributed by atoms with Crippen LogP contribution >= 0.6 is 0 Å². The van der Waals surface area contributed by atoms with Gasteiger partial charge < -0.3 is 15.1 Å². The summed E-state index contributed by atoms with van der Waals surface area (Å²) in [5, 5.41) is 11.7.